The first-order valence-corrected chi connectivity index (χ1v) is 18.2. The molecule has 0 bridgehead atoms. The molecule has 1 aromatic rings. The molecule has 45 heavy (non-hydrogen) atoms. The molecule has 2 unspecified atom stereocenters. The topological polar surface area (TPSA) is 85.5 Å². The number of nitrogens with zero attached hydrogens (tertiary/aromatic N) is 5. The molecule has 3 heterocycles. The monoisotopic (exact) mass is 700 g/mol. The number of hydrogen-bond donors (Lipinski definition) is 1. The van der Waals surface area contributed by atoms with Gasteiger partial charge in [-0.05, 0) is 79.2 Å². The fraction of sp³-hybridized carbons (Fsp3) is 0.629. The van der Waals surface area contributed by atoms with Crippen molar-refractivity contribution in [3.63, 3.8) is 0 Å². The number of aryl methyl sites for hydroxylation is 1. The Balaban J connectivity index is 1.24. The molecular formula is C35H50BrClN6O2. The number of piperazine rings is 1. The number of carbonyl (C=O) groups excluding carboxylic acids is 2. The summed E-state index contributed by atoms with van der Waals surface area (Å²) in [6, 6.07) is 6.80. The van der Waals surface area contributed by atoms with E-state index in [0.717, 1.165) is 82.0 Å². The highest BCUT2D eigenvalue weighted by molar-refractivity contribution is 9.09. The van der Waals surface area contributed by atoms with E-state index in [1.165, 1.54) is 16.7 Å². The second kappa shape index (κ2) is 15.6. The molecule has 3 fully saturated rings. The fourth-order valence-corrected chi connectivity index (χ4v) is 8.25. The number of nitrogens with two attached hydrogens (primary N) is 1. The average molecular weight is 702 g/mol. The van der Waals surface area contributed by atoms with Crippen LogP contribution in [0.15, 0.2) is 47.1 Å². The second-order valence-corrected chi connectivity index (χ2v) is 14.5. The molecule has 246 valence electrons. The first kappa shape index (κ1) is 34.1. The largest absolute Gasteiger partial charge is 0.351 e. The SMILES string of the molecule is C=CC1=C(N=CCBr)C(N2CCC(N3CCN(C(=O)CC4CCN(C(N)=O)CC4)C(C(C)C)C3)CC2)c2ccc(Cl)cc2CC1. The van der Waals surface area contributed by atoms with E-state index in [1.807, 2.05) is 18.4 Å². The van der Waals surface area contributed by atoms with Gasteiger partial charge in [-0.1, -0.05) is 60.1 Å². The Morgan fingerprint density at radius 3 is 2.44 bits per heavy atom. The molecule has 2 atom stereocenters. The molecule has 10 heteroatoms. The Kier molecular flexibility index (Phi) is 11.8. The second-order valence-electron chi connectivity index (χ2n) is 13.5. The summed E-state index contributed by atoms with van der Waals surface area (Å²) in [7, 11) is 0. The zero-order valence-corrected chi connectivity index (χ0v) is 29.3. The molecule has 8 nitrogen and oxygen atoms in total. The molecule has 3 aliphatic heterocycles. The number of alkyl halides is 1. The summed E-state index contributed by atoms with van der Waals surface area (Å²) in [6.45, 7) is 14.6. The van der Waals surface area contributed by atoms with E-state index in [-0.39, 0.29) is 24.0 Å². The summed E-state index contributed by atoms with van der Waals surface area (Å²) in [5, 5.41) is 1.49. The minimum atomic E-state index is -0.354. The number of urea groups is 1. The average Bonchev–Trinajstić information content (AvgIpc) is 3.19. The number of amides is 3. The van der Waals surface area contributed by atoms with Gasteiger partial charge < -0.3 is 15.5 Å². The number of rotatable bonds is 8. The van der Waals surface area contributed by atoms with Gasteiger partial charge in [0.25, 0.3) is 0 Å². The summed E-state index contributed by atoms with van der Waals surface area (Å²) in [6.07, 6.45) is 10.2. The third-order valence-corrected chi connectivity index (χ3v) is 11.0. The highest BCUT2D eigenvalue weighted by Gasteiger charge is 2.39. The molecule has 0 saturated carbocycles. The third kappa shape index (κ3) is 8.03. The third-order valence-electron chi connectivity index (χ3n) is 10.5. The highest BCUT2D eigenvalue weighted by atomic mass is 79.9. The lowest BCUT2D eigenvalue weighted by molar-refractivity contribution is -0.139. The molecule has 1 aromatic carbocycles. The van der Waals surface area contributed by atoms with Crippen LogP contribution in [0.4, 0.5) is 4.79 Å². The highest BCUT2D eigenvalue weighted by Crippen LogP contribution is 2.41. The maximum Gasteiger partial charge on any atom is 0.314 e. The van der Waals surface area contributed by atoms with Gasteiger partial charge in [0.05, 0.1) is 11.7 Å². The first-order chi connectivity index (χ1) is 21.7. The van der Waals surface area contributed by atoms with Crippen LogP contribution in [0, 0.1) is 11.8 Å². The normalized spacial score (nSPS) is 24.7. The summed E-state index contributed by atoms with van der Waals surface area (Å²) >= 11 is 9.99. The van der Waals surface area contributed by atoms with Crippen LogP contribution in [-0.2, 0) is 11.2 Å². The van der Waals surface area contributed by atoms with Crippen molar-refractivity contribution in [1.29, 1.82) is 0 Å². The van der Waals surface area contributed by atoms with E-state index in [0.29, 0.717) is 42.7 Å². The van der Waals surface area contributed by atoms with Crippen LogP contribution in [0.3, 0.4) is 0 Å². The molecule has 3 amide bonds. The number of primary amides is 1. The van der Waals surface area contributed by atoms with Crippen LogP contribution in [0.1, 0.15) is 69.5 Å². The predicted molar refractivity (Wildman–Crippen MR) is 187 cm³/mol. The maximum absolute atomic E-state index is 13.6. The van der Waals surface area contributed by atoms with Crippen LogP contribution in [0.25, 0.3) is 0 Å². The van der Waals surface area contributed by atoms with Crippen molar-refractivity contribution in [3.05, 3.63) is 58.3 Å². The molecule has 0 aromatic heterocycles. The van der Waals surface area contributed by atoms with E-state index >= 15 is 0 Å². The zero-order valence-electron chi connectivity index (χ0n) is 27.0. The van der Waals surface area contributed by atoms with E-state index < -0.39 is 0 Å². The number of aliphatic imine (C=N–C) groups is 1. The van der Waals surface area contributed by atoms with Gasteiger partial charge in [0.15, 0.2) is 0 Å². The first-order valence-electron chi connectivity index (χ1n) is 16.7. The lowest BCUT2D eigenvalue weighted by Gasteiger charge is -2.49. The zero-order chi connectivity index (χ0) is 32.1. The van der Waals surface area contributed by atoms with Crippen LogP contribution >= 0.6 is 27.5 Å². The van der Waals surface area contributed by atoms with Gasteiger partial charge in [-0.2, -0.15) is 0 Å². The molecule has 3 saturated heterocycles. The number of allylic oxidation sites excluding steroid dienone is 2. The van der Waals surface area contributed by atoms with Crippen molar-refractivity contribution in [3.8, 4) is 0 Å². The van der Waals surface area contributed by atoms with E-state index in [9.17, 15) is 9.59 Å². The van der Waals surface area contributed by atoms with Gasteiger partial charge in [-0.15, -0.1) is 0 Å². The Morgan fingerprint density at radius 2 is 1.80 bits per heavy atom. The van der Waals surface area contributed by atoms with Gasteiger partial charge in [0.1, 0.15) is 0 Å². The van der Waals surface area contributed by atoms with Crippen LogP contribution in [-0.4, -0.2) is 101 Å². The number of fused-ring (bicyclic) bond motifs is 1. The molecule has 0 radical (unpaired) electrons. The van der Waals surface area contributed by atoms with Gasteiger partial charge >= 0.3 is 6.03 Å². The van der Waals surface area contributed by atoms with Crippen LogP contribution in [0.2, 0.25) is 5.02 Å². The summed E-state index contributed by atoms with van der Waals surface area (Å²) < 4.78 is 0. The van der Waals surface area contributed by atoms with E-state index in [2.05, 4.69) is 63.2 Å². The Morgan fingerprint density at radius 1 is 1.07 bits per heavy atom. The van der Waals surface area contributed by atoms with Gasteiger partial charge in [0, 0.05) is 80.9 Å². The minimum Gasteiger partial charge on any atom is -0.351 e. The minimum absolute atomic E-state index is 0.0803. The van der Waals surface area contributed by atoms with Crippen molar-refractivity contribution in [1.82, 2.24) is 19.6 Å². The number of carbonyl (C=O) groups is 2. The lowest BCUT2D eigenvalue weighted by atomic mass is 9.90. The Hall–Kier alpha value is -2.20. The van der Waals surface area contributed by atoms with Crippen molar-refractivity contribution in [2.45, 2.75) is 76.9 Å². The standard InChI is InChI=1S/C35H50BrClN6O2/c1-4-26-5-6-27-22-28(37)7-8-30(27)34(33(26)39-14-13-36)40-17-11-29(12-18-40)42-19-20-43(31(23-42)24(2)3)32(44)21-25-9-15-41(16-10-25)35(38)45/h4,7-8,14,22,24-25,29,31,34H,1,5-6,9-13,15-21,23H2,2-3H3,(H2,38,45). The smallest absolute Gasteiger partial charge is 0.314 e. The van der Waals surface area contributed by atoms with Crippen molar-refractivity contribution >= 4 is 45.7 Å². The molecule has 1 aliphatic carbocycles. The van der Waals surface area contributed by atoms with Crippen LogP contribution in [0.5, 0.6) is 0 Å². The number of hydrogen-bond acceptors (Lipinski definition) is 5. The molecule has 4 aliphatic rings. The number of likely N-dealkylation sites (tertiary alicyclic amines) is 2. The summed E-state index contributed by atoms with van der Waals surface area (Å²) in [4.78, 5) is 39.2. The van der Waals surface area contributed by atoms with Crippen molar-refractivity contribution in [2.75, 3.05) is 51.1 Å². The molecular weight excluding hydrogens is 652 g/mol. The van der Waals surface area contributed by atoms with Gasteiger partial charge in [0.2, 0.25) is 5.91 Å². The Bertz CT molecular complexity index is 1280. The lowest BCUT2D eigenvalue weighted by Crippen LogP contribution is -2.60. The number of piperidine rings is 2. The van der Waals surface area contributed by atoms with Gasteiger partial charge in [-0.3, -0.25) is 19.6 Å². The number of benzene rings is 1. The molecule has 2 N–H and O–H groups in total. The van der Waals surface area contributed by atoms with E-state index in [1.54, 1.807) is 4.90 Å². The number of halogens is 2. The predicted octanol–water partition coefficient (Wildman–Crippen LogP) is 6.05. The van der Waals surface area contributed by atoms with Crippen LogP contribution < -0.4 is 5.73 Å². The summed E-state index contributed by atoms with van der Waals surface area (Å²) in [5.41, 5.74) is 10.4. The van der Waals surface area contributed by atoms with Crippen molar-refractivity contribution in [2.24, 2.45) is 22.6 Å². The van der Waals surface area contributed by atoms with Crippen molar-refractivity contribution < 1.29 is 9.59 Å². The maximum atomic E-state index is 13.6. The molecule has 0 spiro atoms. The fourth-order valence-electron chi connectivity index (χ4n) is 7.92. The Labute approximate surface area is 282 Å². The van der Waals surface area contributed by atoms with Gasteiger partial charge in [-0.25, -0.2) is 4.79 Å². The van der Waals surface area contributed by atoms with E-state index in [4.69, 9.17) is 22.3 Å². The quantitative estimate of drug-likeness (QED) is 0.265. The summed E-state index contributed by atoms with van der Waals surface area (Å²) in [5.74, 6) is 0.988. The molecule has 5 rings (SSSR count).